The molecule has 0 unspecified atom stereocenters. The molecule has 10 heteroatoms. The molecule has 0 aliphatic rings. The fourth-order valence-electron chi connectivity index (χ4n) is 5.34. The van der Waals surface area contributed by atoms with Gasteiger partial charge >= 0.3 is 11.9 Å². The van der Waals surface area contributed by atoms with Gasteiger partial charge in [0.25, 0.3) is 0 Å². The van der Waals surface area contributed by atoms with E-state index in [0.29, 0.717) is 11.5 Å². The van der Waals surface area contributed by atoms with Gasteiger partial charge in [-0.05, 0) is 78.8 Å². The predicted molar refractivity (Wildman–Crippen MR) is 174 cm³/mol. The Balaban J connectivity index is 1.60. The third-order valence-electron chi connectivity index (χ3n) is 7.04. The minimum Gasteiger partial charge on any atom is -0.497 e. The maximum atomic E-state index is 12.9. The van der Waals surface area contributed by atoms with Crippen molar-refractivity contribution in [1.82, 2.24) is 14.1 Å². The van der Waals surface area contributed by atoms with Crippen molar-refractivity contribution in [3.05, 3.63) is 53.7 Å². The molecule has 0 bridgehead atoms. The van der Waals surface area contributed by atoms with Gasteiger partial charge in [-0.15, -0.1) is 11.3 Å². The second-order valence-corrected chi connectivity index (χ2v) is 13.6. The molecule has 5 rings (SSSR count). The molecule has 0 aliphatic carbocycles. The normalized spacial score (nSPS) is 12.1. The zero-order valence-electron chi connectivity index (χ0n) is 26.7. The Morgan fingerprint density at radius 1 is 0.818 bits per heavy atom. The second kappa shape index (κ2) is 11.6. The Labute approximate surface area is 261 Å². The van der Waals surface area contributed by atoms with Gasteiger partial charge in [-0.3, -0.25) is 9.59 Å². The van der Waals surface area contributed by atoms with E-state index in [1.165, 1.54) is 11.3 Å². The molecule has 0 fully saturated rings. The van der Waals surface area contributed by atoms with Gasteiger partial charge in [-0.1, -0.05) is 0 Å². The number of aromatic nitrogens is 3. The van der Waals surface area contributed by atoms with Crippen LogP contribution in [0.3, 0.4) is 0 Å². The van der Waals surface area contributed by atoms with Crippen molar-refractivity contribution in [2.24, 2.45) is 0 Å². The molecule has 9 nitrogen and oxygen atoms in total. The molecule has 0 N–H and O–H groups in total. The number of nitrogens with zero attached hydrogens (tertiary/aromatic N) is 3. The van der Waals surface area contributed by atoms with Crippen LogP contribution in [0.25, 0.3) is 43.6 Å². The molecule has 0 radical (unpaired) electrons. The molecule has 3 aromatic heterocycles. The lowest BCUT2D eigenvalue weighted by molar-refractivity contribution is -0.156. The molecule has 232 valence electrons. The number of fused-ring (bicyclic) bond motifs is 2. The summed E-state index contributed by atoms with van der Waals surface area (Å²) in [7, 11) is 3.25. The molecule has 3 heterocycles. The van der Waals surface area contributed by atoms with Crippen LogP contribution >= 0.6 is 11.3 Å². The molecule has 0 saturated carbocycles. The first kappa shape index (κ1) is 31.1. The highest BCUT2D eigenvalue weighted by Gasteiger charge is 2.24. The fraction of sp³-hybridized carbons (Fsp3) is 0.382. The number of carbonyl (C=O) groups excluding carboxylic acids is 2. The maximum Gasteiger partial charge on any atom is 0.326 e. The van der Waals surface area contributed by atoms with Crippen LogP contribution in [-0.2, 0) is 32.2 Å². The summed E-state index contributed by atoms with van der Waals surface area (Å²) in [5, 5.41) is 4.70. The minimum absolute atomic E-state index is 0.0518. The largest absolute Gasteiger partial charge is 0.497 e. The van der Waals surface area contributed by atoms with Gasteiger partial charge < -0.3 is 28.1 Å². The van der Waals surface area contributed by atoms with E-state index in [4.69, 9.17) is 23.9 Å². The van der Waals surface area contributed by atoms with E-state index in [9.17, 15) is 9.59 Å². The van der Waals surface area contributed by atoms with Crippen LogP contribution in [0.5, 0.6) is 11.5 Å². The molecule has 0 amide bonds. The van der Waals surface area contributed by atoms with Crippen molar-refractivity contribution in [2.75, 3.05) is 14.2 Å². The van der Waals surface area contributed by atoms with Crippen molar-refractivity contribution in [3.63, 3.8) is 0 Å². The lowest BCUT2D eigenvalue weighted by Gasteiger charge is -2.20. The number of ether oxygens (including phenoxy) is 4. The second-order valence-electron chi connectivity index (χ2n) is 12.7. The highest BCUT2D eigenvalue weighted by Crippen LogP contribution is 2.41. The summed E-state index contributed by atoms with van der Waals surface area (Å²) in [6.07, 6.45) is 1.94. The van der Waals surface area contributed by atoms with E-state index in [2.05, 4.69) is 0 Å². The van der Waals surface area contributed by atoms with Gasteiger partial charge in [-0.25, -0.2) is 4.98 Å². The standard InChI is InChI=1S/C34H39N3O6S/c1-20-31(24-14-21(40-8)11-13-27(24)37(20)18-30(39)43-34(5,6)7)26-19-44-32(35-26)25-16-36(17-29(38)42-33(2,3)4)28-15-22(41-9)10-12-23(25)28/h10-16,19H,17-18H2,1-9H3. The van der Waals surface area contributed by atoms with E-state index in [-0.39, 0.29) is 25.0 Å². The van der Waals surface area contributed by atoms with Crippen LogP contribution in [0.15, 0.2) is 48.0 Å². The van der Waals surface area contributed by atoms with E-state index in [1.54, 1.807) is 14.2 Å². The smallest absolute Gasteiger partial charge is 0.326 e. The molecule has 0 aliphatic heterocycles. The summed E-state index contributed by atoms with van der Waals surface area (Å²) in [6, 6.07) is 11.6. The van der Waals surface area contributed by atoms with Crippen LogP contribution in [0.2, 0.25) is 0 Å². The Bertz CT molecular complexity index is 1870. The van der Waals surface area contributed by atoms with Crippen molar-refractivity contribution >= 4 is 45.1 Å². The molecule has 5 aromatic rings. The van der Waals surface area contributed by atoms with Gasteiger partial charge in [0.05, 0.1) is 25.4 Å². The summed E-state index contributed by atoms with van der Waals surface area (Å²) < 4.78 is 26.1. The number of carbonyl (C=O) groups is 2. The Hall–Kier alpha value is -4.31. The summed E-state index contributed by atoms with van der Waals surface area (Å²) in [5.41, 5.74) is 4.05. The van der Waals surface area contributed by atoms with Gasteiger partial charge in [0, 0.05) is 50.8 Å². The van der Waals surface area contributed by atoms with E-state index in [1.807, 2.05) is 106 Å². The minimum atomic E-state index is -0.589. The predicted octanol–water partition coefficient (Wildman–Crippen LogP) is 7.40. The Kier molecular flexibility index (Phi) is 8.24. The first-order chi connectivity index (χ1) is 20.7. The van der Waals surface area contributed by atoms with Crippen LogP contribution in [0.1, 0.15) is 47.2 Å². The first-order valence-corrected chi connectivity index (χ1v) is 15.3. The third-order valence-corrected chi connectivity index (χ3v) is 7.91. The Morgan fingerprint density at radius 3 is 2.07 bits per heavy atom. The van der Waals surface area contributed by atoms with Crippen LogP contribution in [0.4, 0.5) is 0 Å². The van der Waals surface area contributed by atoms with Crippen molar-refractivity contribution in [2.45, 2.75) is 72.8 Å². The number of rotatable bonds is 8. The quantitative estimate of drug-likeness (QED) is 0.168. The van der Waals surface area contributed by atoms with Crippen molar-refractivity contribution in [1.29, 1.82) is 0 Å². The average Bonchev–Trinajstić information content (AvgIpc) is 3.61. The molecule has 0 spiro atoms. The molecule has 0 atom stereocenters. The maximum absolute atomic E-state index is 12.9. The van der Waals surface area contributed by atoms with Gasteiger partial charge in [0.2, 0.25) is 0 Å². The molecular formula is C34H39N3O6S. The number of methoxy groups -OCH3 is 2. The van der Waals surface area contributed by atoms with Crippen LogP contribution in [0, 0.1) is 6.92 Å². The summed E-state index contributed by atoms with van der Waals surface area (Å²) in [4.78, 5) is 30.8. The molecule has 2 aromatic carbocycles. The summed E-state index contributed by atoms with van der Waals surface area (Å²) >= 11 is 1.52. The lowest BCUT2D eigenvalue weighted by atomic mass is 10.1. The highest BCUT2D eigenvalue weighted by molar-refractivity contribution is 7.13. The van der Waals surface area contributed by atoms with E-state index >= 15 is 0 Å². The summed E-state index contributed by atoms with van der Waals surface area (Å²) in [6.45, 7) is 13.3. The monoisotopic (exact) mass is 617 g/mol. The number of esters is 2. The van der Waals surface area contributed by atoms with Gasteiger partial charge in [-0.2, -0.15) is 0 Å². The third kappa shape index (κ3) is 6.45. The average molecular weight is 618 g/mol. The van der Waals surface area contributed by atoms with E-state index < -0.39 is 11.2 Å². The molecule has 0 saturated heterocycles. The van der Waals surface area contributed by atoms with Gasteiger partial charge in [0.1, 0.15) is 40.8 Å². The Morgan fingerprint density at radius 2 is 1.43 bits per heavy atom. The number of hydrogen-bond acceptors (Lipinski definition) is 8. The molecule has 44 heavy (non-hydrogen) atoms. The van der Waals surface area contributed by atoms with Crippen LogP contribution in [-0.4, -0.2) is 51.5 Å². The zero-order valence-corrected chi connectivity index (χ0v) is 27.5. The van der Waals surface area contributed by atoms with E-state index in [0.717, 1.165) is 49.3 Å². The topological polar surface area (TPSA) is 93.8 Å². The van der Waals surface area contributed by atoms with Crippen molar-refractivity contribution in [3.8, 4) is 33.3 Å². The lowest BCUT2D eigenvalue weighted by Crippen LogP contribution is -2.26. The van der Waals surface area contributed by atoms with Crippen molar-refractivity contribution < 1.29 is 28.5 Å². The van der Waals surface area contributed by atoms with Gasteiger partial charge in [0.15, 0.2) is 0 Å². The zero-order chi connectivity index (χ0) is 32.0. The number of thiazole rings is 1. The fourth-order valence-corrected chi connectivity index (χ4v) is 6.18. The summed E-state index contributed by atoms with van der Waals surface area (Å²) in [5.74, 6) is 0.760. The molecular weight excluding hydrogens is 578 g/mol. The first-order valence-electron chi connectivity index (χ1n) is 14.4. The highest BCUT2D eigenvalue weighted by atomic mass is 32.1. The van der Waals surface area contributed by atoms with Crippen LogP contribution < -0.4 is 9.47 Å². The number of benzene rings is 2. The number of hydrogen-bond donors (Lipinski definition) is 0. The SMILES string of the molecule is COc1ccc2c(c1)c(-c1csc(-c3cn(CC(=O)OC(C)(C)C)c4cc(OC)ccc34)n1)c(C)n2CC(=O)OC(C)(C)C.